The first-order chi connectivity index (χ1) is 10.1. The largest absolute Gasteiger partial charge is 0.465 e. The molecule has 0 aliphatic rings. The average molecular weight is 288 g/mol. The topological polar surface area (TPSA) is 55.0 Å². The molecule has 1 N–H and O–H groups in total. The molecule has 106 valence electrons. The van der Waals surface area contributed by atoms with Gasteiger partial charge in [0.15, 0.2) is 5.82 Å². The first-order valence-electron chi connectivity index (χ1n) is 6.11. The molecular formula is C15H10F2N2O2. The highest BCUT2D eigenvalue weighted by Crippen LogP contribution is 2.29. The fraction of sp³-hybridized carbons (Fsp3) is 0.0667. The zero-order valence-corrected chi connectivity index (χ0v) is 11.0. The highest BCUT2D eigenvalue weighted by atomic mass is 19.1. The molecule has 0 atom stereocenters. The second-order valence-corrected chi connectivity index (χ2v) is 4.41. The summed E-state index contributed by atoms with van der Waals surface area (Å²) in [7, 11) is 1.22. The average Bonchev–Trinajstić information content (AvgIpc) is 2.98. The van der Waals surface area contributed by atoms with Crippen molar-refractivity contribution in [3.63, 3.8) is 0 Å². The molecule has 2 heterocycles. The van der Waals surface area contributed by atoms with Gasteiger partial charge < -0.3 is 9.72 Å². The number of methoxy groups -OCH3 is 1. The third-order valence-electron chi connectivity index (χ3n) is 3.19. The number of aromatic nitrogens is 2. The van der Waals surface area contributed by atoms with Crippen LogP contribution in [0.3, 0.4) is 0 Å². The Morgan fingerprint density at radius 2 is 2.05 bits per heavy atom. The van der Waals surface area contributed by atoms with Crippen molar-refractivity contribution in [1.29, 1.82) is 0 Å². The molecule has 0 amide bonds. The van der Waals surface area contributed by atoms with Crippen LogP contribution >= 0.6 is 0 Å². The van der Waals surface area contributed by atoms with E-state index < -0.39 is 17.6 Å². The van der Waals surface area contributed by atoms with E-state index in [2.05, 4.69) is 14.7 Å². The van der Waals surface area contributed by atoms with Gasteiger partial charge in [-0.15, -0.1) is 0 Å². The van der Waals surface area contributed by atoms with E-state index in [1.165, 1.54) is 19.2 Å². The van der Waals surface area contributed by atoms with Crippen molar-refractivity contribution in [2.75, 3.05) is 7.11 Å². The van der Waals surface area contributed by atoms with Gasteiger partial charge in [-0.3, -0.25) is 4.98 Å². The summed E-state index contributed by atoms with van der Waals surface area (Å²) in [5.74, 6) is -1.76. The molecule has 0 aliphatic heterocycles. The first-order valence-corrected chi connectivity index (χ1v) is 6.11. The maximum atomic E-state index is 14.2. The summed E-state index contributed by atoms with van der Waals surface area (Å²) in [6.45, 7) is 0. The number of benzene rings is 1. The first kappa shape index (κ1) is 13.2. The van der Waals surface area contributed by atoms with Crippen molar-refractivity contribution < 1.29 is 18.3 Å². The molecule has 3 aromatic rings. The minimum atomic E-state index is -0.626. The van der Waals surface area contributed by atoms with E-state index in [9.17, 15) is 13.6 Å². The van der Waals surface area contributed by atoms with E-state index in [1.54, 1.807) is 12.3 Å². The Morgan fingerprint density at radius 1 is 1.24 bits per heavy atom. The Hall–Kier alpha value is -2.76. The van der Waals surface area contributed by atoms with Crippen LogP contribution in [0.15, 0.2) is 36.7 Å². The number of nitrogens with one attached hydrogen (secondary N) is 1. The highest BCUT2D eigenvalue weighted by molar-refractivity contribution is 5.94. The van der Waals surface area contributed by atoms with E-state index in [0.717, 1.165) is 12.3 Å². The number of ether oxygens (including phenoxy) is 1. The van der Waals surface area contributed by atoms with Crippen molar-refractivity contribution in [3.8, 4) is 11.3 Å². The summed E-state index contributed by atoms with van der Waals surface area (Å²) >= 11 is 0. The molecule has 0 fully saturated rings. The Bertz CT molecular complexity index is 843. The summed E-state index contributed by atoms with van der Waals surface area (Å²) in [5.41, 5.74) is 0.858. The van der Waals surface area contributed by atoms with Crippen LogP contribution in [-0.2, 0) is 4.74 Å². The molecule has 6 heteroatoms. The lowest BCUT2D eigenvalue weighted by atomic mass is 10.0. The Morgan fingerprint density at radius 3 is 2.76 bits per heavy atom. The van der Waals surface area contributed by atoms with Crippen LogP contribution in [0.4, 0.5) is 8.78 Å². The van der Waals surface area contributed by atoms with Crippen molar-refractivity contribution >= 4 is 16.9 Å². The number of fused-ring (bicyclic) bond motifs is 1. The van der Waals surface area contributed by atoms with Gasteiger partial charge in [0.25, 0.3) is 0 Å². The van der Waals surface area contributed by atoms with Crippen molar-refractivity contribution in [3.05, 3.63) is 53.9 Å². The maximum absolute atomic E-state index is 14.2. The molecule has 0 saturated heterocycles. The van der Waals surface area contributed by atoms with Crippen molar-refractivity contribution in [1.82, 2.24) is 9.97 Å². The zero-order chi connectivity index (χ0) is 15.0. The second-order valence-electron chi connectivity index (χ2n) is 4.41. The summed E-state index contributed by atoms with van der Waals surface area (Å²) in [4.78, 5) is 18.1. The number of halogens is 2. The smallest absolute Gasteiger partial charge is 0.337 e. The van der Waals surface area contributed by atoms with E-state index in [4.69, 9.17) is 0 Å². The van der Waals surface area contributed by atoms with Gasteiger partial charge in [0, 0.05) is 17.1 Å². The van der Waals surface area contributed by atoms with Crippen LogP contribution < -0.4 is 0 Å². The monoisotopic (exact) mass is 288 g/mol. The number of esters is 1. The van der Waals surface area contributed by atoms with Gasteiger partial charge in [-0.05, 0) is 24.3 Å². The lowest BCUT2D eigenvalue weighted by Crippen LogP contribution is -2.02. The summed E-state index contributed by atoms with van der Waals surface area (Å²) in [6.07, 6.45) is 2.58. The molecule has 0 bridgehead atoms. The minimum absolute atomic E-state index is 0.103. The number of hydrogen-bond acceptors (Lipinski definition) is 3. The predicted octanol–water partition coefficient (Wildman–Crippen LogP) is 3.29. The lowest BCUT2D eigenvalue weighted by molar-refractivity contribution is 0.0600. The molecule has 0 saturated carbocycles. The van der Waals surface area contributed by atoms with Gasteiger partial charge >= 0.3 is 5.97 Å². The number of H-pyrrole nitrogens is 1. The van der Waals surface area contributed by atoms with E-state index in [0.29, 0.717) is 11.1 Å². The normalized spacial score (nSPS) is 10.8. The molecule has 0 unspecified atom stereocenters. The SMILES string of the molecule is COC(=O)c1ccc(-c2ncc(F)c3[nH]ccc23)c(F)c1. The number of rotatable bonds is 2. The highest BCUT2D eigenvalue weighted by Gasteiger charge is 2.16. The van der Waals surface area contributed by atoms with Crippen LogP contribution in [0.1, 0.15) is 10.4 Å². The van der Waals surface area contributed by atoms with Gasteiger partial charge in [0.05, 0.1) is 30.1 Å². The van der Waals surface area contributed by atoms with Crippen molar-refractivity contribution in [2.45, 2.75) is 0 Å². The summed E-state index contributed by atoms with van der Waals surface area (Å²) in [6, 6.07) is 5.56. The second kappa shape index (κ2) is 4.97. The predicted molar refractivity (Wildman–Crippen MR) is 72.8 cm³/mol. The molecule has 0 aliphatic carbocycles. The Balaban J connectivity index is 2.17. The fourth-order valence-electron chi connectivity index (χ4n) is 2.19. The van der Waals surface area contributed by atoms with Crippen molar-refractivity contribution in [2.24, 2.45) is 0 Å². The molecule has 21 heavy (non-hydrogen) atoms. The summed E-state index contributed by atoms with van der Waals surface area (Å²) < 4.78 is 32.3. The van der Waals surface area contributed by atoms with E-state index >= 15 is 0 Å². The van der Waals surface area contributed by atoms with E-state index in [1.807, 2.05) is 0 Å². The molecule has 0 spiro atoms. The van der Waals surface area contributed by atoms with Crippen LogP contribution in [0.2, 0.25) is 0 Å². The van der Waals surface area contributed by atoms with Gasteiger partial charge in [-0.1, -0.05) is 0 Å². The molecule has 2 aromatic heterocycles. The van der Waals surface area contributed by atoms with Crippen LogP contribution in [0.25, 0.3) is 22.2 Å². The van der Waals surface area contributed by atoms with Gasteiger partial charge in [-0.2, -0.15) is 0 Å². The van der Waals surface area contributed by atoms with Crippen LogP contribution in [-0.4, -0.2) is 23.0 Å². The van der Waals surface area contributed by atoms with Crippen LogP contribution in [0.5, 0.6) is 0 Å². The number of hydrogen-bond donors (Lipinski definition) is 1. The standard InChI is InChI=1S/C15H10F2N2O2/c1-21-15(20)8-2-3-9(11(16)6-8)13-10-4-5-18-14(10)12(17)7-19-13/h2-7,18H,1H3. The third kappa shape index (κ3) is 2.14. The molecule has 1 aromatic carbocycles. The quantitative estimate of drug-likeness (QED) is 0.736. The number of aromatic amines is 1. The minimum Gasteiger partial charge on any atom is -0.465 e. The molecule has 3 rings (SSSR count). The zero-order valence-electron chi connectivity index (χ0n) is 11.0. The van der Waals surface area contributed by atoms with E-state index in [-0.39, 0.29) is 16.6 Å². The lowest BCUT2D eigenvalue weighted by Gasteiger charge is -2.06. The summed E-state index contributed by atoms with van der Waals surface area (Å²) in [5, 5.41) is 0.472. The van der Waals surface area contributed by atoms with Crippen LogP contribution in [0, 0.1) is 11.6 Å². The number of carbonyl (C=O) groups is 1. The molecule has 4 nitrogen and oxygen atoms in total. The van der Waals surface area contributed by atoms with Gasteiger partial charge in [0.1, 0.15) is 5.82 Å². The Kier molecular flexibility index (Phi) is 3.13. The van der Waals surface area contributed by atoms with Gasteiger partial charge in [-0.25, -0.2) is 13.6 Å². The third-order valence-corrected chi connectivity index (χ3v) is 3.19. The fourth-order valence-corrected chi connectivity index (χ4v) is 2.19. The Labute approximate surface area is 118 Å². The number of carbonyl (C=O) groups excluding carboxylic acids is 1. The molecular weight excluding hydrogens is 278 g/mol. The maximum Gasteiger partial charge on any atom is 0.337 e. The number of nitrogens with zero attached hydrogens (tertiary/aromatic N) is 1. The number of pyridine rings is 1. The molecule has 0 radical (unpaired) electrons. The van der Waals surface area contributed by atoms with Gasteiger partial charge in [0.2, 0.25) is 0 Å².